The normalized spacial score (nSPS) is 12.4. The lowest BCUT2D eigenvalue weighted by Gasteiger charge is -2.24. The van der Waals surface area contributed by atoms with Crippen molar-refractivity contribution in [2.24, 2.45) is 0 Å². The summed E-state index contributed by atoms with van der Waals surface area (Å²) < 4.78 is 11.2. The number of methoxy groups -OCH3 is 1. The maximum atomic E-state index is 10.1. The Balaban J connectivity index is 1.85. The SMILES string of the molecule is COc1cc(CNCc2cccnc2)ccc1OC[C@H](O)CN(C)C(C)C. The van der Waals surface area contributed by atoms with E-state index in [0.717, 1.165) is 17.7 Å². The lowest BCUT2D eigenvalue weighted by atomic mass is 10.2. The molecule has 2 rings (SSSR count). The first-order valence-corrected chi connectivity index (χ1v) is 9.27. The Morgan fingerprint density at radius 1 is 1.15 bits per heavy atom. The molecule has 27 heavy (non-hydrogen) atoms. The van der Waals surface area contributed by atoms with Crippen LogP contribution in [0.25, 0.3) is 0 Å². The Morgan fingerprint density at radius 2 is 1.93 bits per heavy atom. The van der Waals surface area contributed by atoms with E-state index in [1.807, 2.05) is 43.6 Å². The summed E-state index contributed by atoms with van der Waals surface area (Å²) in [6, 6.07) is 10.2. The number of rotatable bonds is 11. The van der Waals surface area contributed by atoms with Gasteiger partial charge in [0.25, 0.3) is 0 Å². The van der Waals surface area contributed by atoms with Crippen molar-refractivity contribution in [2.75, 3.05) is 27.3 Å². The molecule has 148 valence electrons. The lowest BCUT2D eigenvalue weighted by molar-refractivity contribution is 0.0668. The number of benzene rings is 1. The first-order chi connectivity index (χ1) is 13.0. The van der Waals surface area contributed by atoms with Crippen LogP contribution >= 0.6 is 0 Å². The van der Waals surface area contributed by atoms with Gasteiger partial charge in [0.15, 0.2) is 11.5 Å². The van der Waals surface area contributed by atoms with E-state index >= 15 is 0 Å². The van der Waals surface area contributed by atoms with Gasteiger partial charge in [0.05, 0.1) is 7.11 Å². The Labute approximate surface area is 162 Å². The average Bonchev–Trinajstić information content (AvgIpc) is 2.67. The molecule has 6 nitrogen and oxygen atoms in total. The molecule has 0 aliphatic carbocycles. The molecule has 1 aromatic heterocycles. The molecular weight excluding hydrogens is 342 g/mol. The van der Waals surface area contributed by atoms with Crippen molar-refractivity contribution in [1.29, 1.82) is 0 Å². The number of nitrogens with one attached hydrogen (secondary N) is 1. The van der Waals surface area contributed by atoms with E-state index in [1.54, 1.807) is 13.3 Å². The molecule has 6 heteroatoms. The fourth-order valence-corrected chi connectivity index (χ4v) is 2.58. The Hall–Kier alpha value is -2.15. The van der Waals surface area contributed by atoms with Gasteiger partial charge in [0.1, 0.15) is 12.7 Å². The minimum absolute atomic E-state index is 0.228. The molecule has 0 unspecified atom stereocenters. The van der Waals surface area contributed by atoms with E-state index in [1.165, 1.54) is 0 Å². The first kappa shape index (κ1) is 21.2. The number of aliphatic hydroxyl groups excluding tert-OH is 1. The van der Waals surface area contributed by atoms with Gasteiger partial charge >= 0.3 is 0 Å². The molecule has 0 saturated heterocycles. The van der Waals surface area contributed by atoms with Gasteiger partial charge in [-0.25, -0.2) is 0 Å². The number of aliphatic hydroxyl groups is 1. The Morgan fingerprint density at radius 3 is 2.59 bits per heavy atom. The Kier molecular flexibility index (Phi) is 8.51. The maximum Gasteiger partial charge on any atom is 0.161 e. The standard InChI is InChI=1S/C21H31N3O3/c1-16(2)24(3)14-19(25)15-27-20-8-7-17(10-21(20)26-4)11-23-13-18-6-5-9-22-12-18/h5-10,12,16,19,23,25H,11,13-15H2,1-4H3/t19-/m1/s1. The van der Waals surface area contributed by atoms with Crippen molar-refractivity contribution in [2.45, 2.75) is 39.1 Å². The van der Waals surface area contributed by atoms with E-state index in [0.29, 0.717) is 30.6 Å². The van der Waals surface area contributed by atoms with Crippen LogP contribution in [0.5, 0.6) is 11.5 Å². The molecule has 0 radical (unpaired) electrons. The highest BCUT2D eigenvalue weighted by molar-refractivity contribution is 5.43. The van der Waals surface area contributed by atoms with Crippen LogP contribution in [0.15, 0.2) is 42.7 Å². The highest BCUT2D eigenvalue weighted by atomic mass is 16.5. The Bertz CT molecular complexity index is 680. The van der Waals surface area contributed by atoms with E-state index in [-0.39, 0.29) is 6.61 Å². The molecule has 1 aromatic carbocycles. The van der Waals surface area contributed by atoms with Crippen LogP contribution in [-0.4, -0.2) is 54.4 Å². The minimum Gasteiger partial charge on any atom is -0.493 e. The van der Waals surface area contributed by atoms with Gasteiger partial charge in [0, 0.05) is 38.1 Å². The van der Waals surface area contributed by atoms with Gasteiger partial charge in [-0.2, -0.15) is 0 Å². The van der Waals surface area contributed by atoms with Crippen LogP contribution in [0.1, 0.15) is 25.0 Å². The second kappa shape index (κ2) is 10.9. The lowest BCUT2D eigenvalue weighted by Crippen LogP contribution is -2.36. The van der Waals surface area contributed by atoms with Gasteiger partial charge in [-0.3, -0.25) is 4.98 Å². The number of pyridine rings is 1. The molecule has 0 spiro atoms. The highest BCUT2D eigenvalue weighted by Crippen LogP contribution is 2.28. The summed E-state index contributed by atoms with van der Waals surface area (Å²) in [5, 5.41) is 13.5. The van der Waals surface area contributed by atoms with Gasteiger partial charge in [-0.15, -0.1) is 0 Å². The van der Waals surface area contributed by atoms with Crippen molar-refractivity contribution in [3.05, 3.63) is 53.9 Å². The van der Waals surface area contributed by atoms with E-state index in [2.05, 4.69) is 29.0 Å². The van der Waals surface area contributed by atoms with E-state index < -0.39 is 6.10 Å². The molecule has 0 saturated carbocycles. The highest BCUT2D eigenvalue weighted by Gasteiger charge is 2.13. The van der Waals surface area contributed by atoms with E-state index in [4.69, 9.17) is 9.47 Å². The van der Waals surface area contributed by atoms with Crippen molar-refractivity contribution in [3.63, 3.8) is 0 Å². The van der Waals surface area contributed by atoms with Crippen LogP contribution in [-0.2, 0) is 13.1 Å². The molecule has 0 aliphatic heterocycles. The summed E-state index contributed by atoms with van der Waals surface area (Å²) >= 11 is 0. The summed E-state index contributed by atoms with van der Waals surface area (Å²) in [6.45, 7) is 6.45. The summed E-state index contributed by atoms with van der Waals surface area (Å²) in [5.41, 5.74) is 2.24. The minimum atomic E-state index is -0.553. The molecule has 0 aliphatic rings. The van der Waals surface area contributed by atoms with Gasteiger partial charge in [-0.1, -0.05) is 12.1 Å². The van der Waals surface area contributed by atoms with Crippen LogP contribution < -0.4 is 14.8 Å². The fraction of sp³-hybridized carbons (Fsp3) is 0.476. The molecule has 0 bridgehead atoms. The molecule has 0 amide bonds. The predicted octanol–water partition coefficient (Wildman–Crippen LogP) is 2.46. The molecule has 0 fully saturated rings. The predicted molar refractivity (Wildman–Crippen MR) is 107 cm³/mol. The number of aromatic nitrogens is 1. The third-order valence-electron chi connectivity index (χ3n) is 4.42. The maximum absolute atomic E-state index is 10.1. The van der Waals surface area contributed by atoms with E-state index in [9.17, 15) is 5.11 Å². The zero-order valence-corrected chi connectivity index (χ0v) is 16.7. The third-order valence-corrected chi connectivity index (χ3v) is 4.42. The van der Waals surface area contributed by atoms with Crippen LogP contribution in [0.3, 0.4) is 0 Å². The molecule has 1 atom stereocenters. The van der Waals surface area contributed by atoms with Crippen LogP contribution in [0.4, 0.5) is 0 Å². The molecular formula is C21H31N3O3. The van der Waals surface area contributed by atoms with Crippen LogP contribution in [0, 0.1) is 0 Å². The van der Waals surface area contributed by atoms with Gasteiger partial charge in [0.2, 0.25) is 0 Å². The molecule has 2 aromatic rings. The second-order valence-electron chi connectivity index (χ2n) is 6.95. The average molecular weight is 373 g/mol. The van der Waals surface area contributed by atoms with Crippen molar-refractivity contribution >= 4 is 0 Å². The number of ether oxygens (including phenoxy) is 2. The zero-order chi connectivity index (χ0) is 19.6. The fourth-order valence-electron chi connectivity index (χ4n) is 2.58. The topological polar surface area (TPSA) is 66.8 Å². The third kappa shape index (κ3) is 7.17. The van der Waals surface area contributed by atoms with Gasteiger partial charge in [-0.05, 0) is 50.2 Å². The number of hydrogen-bond acceptors (Lipinski definition) is 6. The first-order valence-electron chi connectivity index (χ1n) is 9.27. The molecule has 1 heterocycles. The number of nitrogens with zero attached hydrogens (tertiary/aromatic N) is 2. The van der Waals surface area contributed by atoms with Crippen LogP contribution in [0.2, 0.25) is 0 Å². The van der Waals surface area contributed by atoms with Crippen molar-refractivity contribution in [3.8, 4) is 11.5 Å². The summed E-state index contributed by atoms with van der Waals surface area (Å²) in [4.78, 5) is 6.20. The largest absolute Gasteiger partial charge is 0.493 e. The summed E-state index contributed by atoms with van der Waals surface area (Å²) in [6.07, 6.45) is 3.07. The quantitative estimate of drug-likeness (QED) is 0.631. The number of hydrogen-bond donors (Lipinski definition) is 2. The molecule has 2 N–H and O–H groups in total. The summed E-state index contributed by atoms with van der Waals surface area (Å²) in [5.74, 6) is 1.31. The van der Waals surface area contributed by atoms with Crippen molar-refractivity contribution in [1.82, 2.24) is 15.2 Å². The van der Waals surface area contributed by atoms with Gasteiger partial charge < -0.3 is 24.8 Å². The number of likely N-dealkylation sites (N-methyl/N-ethyl adjacent to an activating group) is 1. The van der Waals surface area contributed by atoms with Crippen molar-refractivity contribution < 1.29 is 14.6 Å². The zero-order valence-electron chi connectivity index (χ0n) is 16.7. The second-order valence-corrected chi connectivity index (χ2v) is 6.95. The smallest absolute Gasteiger partial charge is 0.161 e. The monoisotopic (exact) mass is 373 g/mol. The summed E-state index contributed by atoms with van der Waals surface area (Å²) in [7, 11) is 3.61.